The van der Waals surface area contributed by atoms with Crippen LogP contribution in [0.5, 0.6) is 0 Å². The second kappa shape index (κ2) is 5.94. The molecule has 0 radical (unpaired) electrons. The third kappa shape index (κ3) is 3.21. The minimum Gasteiger partial charge on any atom is -0.393 e. The summed E-state index contributed by atoms with van der Waals surface area (Å²) in [6, 6.07) is 3.36. The van der Waals surface area contributed by atoms with E-state index in [-0.39, 0.29) is 6.10 Å². The van der Waals surface area contributed by atoms with Crippen LogP contribution in [-0.4, -0.2) is 17.3 Å². The van der Waals surface area contributed by atoms with Gasteiger partial charge in [-0.1, -0.05) is 0 Å². The highest BCUT2D eigenvalue weighted by atomic mass is 32.1. The van der Waals surface area contributed by atoms with Gasteiger partial charge in [-0.3, -0.25) is 0 Å². The summed E-state index contributed by atoms with van der Waals surface area (Å²) in [4.78, 5) is 3.12. The zero-order valence-corrected chi connectivity index (χ0v) is 12.6. The Kier molecular flexibility index (Phi) is 4.25. The van der Waals surface area contributed by atoms with Crippen LogP contribution in [0.4, 0.5) is 0 Å². The Morgan fingerprint density at radius 3 is 2.89 bits per heavy atom. The average molecular weight is 279 g/mol. The van der Waals surface area contributed by atoms with Gasteiger partial charge in [0.25, 0.3) is 0 Å². The number of hydrogen-bond acceptors (Lipinski definition) is 3. The summed E-state index contributed by atoms with van der Waals surface area (Å²) in [6.45, 7) is 2.28. The van der Waals surface area contributed by atoms with Crippen molar-refractivity contribution in [1.29, 1.82) is 0 Å². The number of hydrogen-bond donors (Lipinski definition) is 2. The van der Waals surface area contributed by atoms with Crippen molar-refractivity contribution < 1.29 is 5.11 Å². The Labute approximate surface area is 120 Å². The Hall–Kier alpha value is -0.380. The smallest absolute Gasteiger partial charge is 0.0555 e. The summed E-state index contributed by atoms with van der Waals surface area (Å²) in [5, 5.41) is 13.5. The van der Waals surface area contributed by atoms with E-state index in [1.165, 1.54) is 37.0 Å². The number of rotatable bonds is 3. The van der Waals surface area contributed by atoms with Gasteiger partial charge in [-0.05, 0) is 69.9 Å². The molecule has 1 saturated carbocycles. The molecule has 3 rings (SSSR count). The summed E-state index contributed by atoms with van der Waals surface area (Å²) >= 11 is 2.01. The summed E-state index contributed by atoms with van der Waals surface area (Å²) in [7, 11) is 0. The molecule has 0 aromatic carbocycles. The minimum absolute atomic E-state index is 0.0880. The molecule has 3 unspecified atom stereocenters. The van der Waals surface area contributed by atoms with E-state index >= 15 is 0 Å². The molecular weight excluding hydrogens is 254 g/mol. The molecule has 2 N–H and O–H groups in total. The first-order chi connectivity index (χ1) is 9.22. The maximum atomic E-state index is 9.76. The van der Waals surface area contributed by atoms with Crippen LogP contribution in [0.1, 0.15) is 66.8 Å². The third-order valence-electron chi connectivity index (χ3n) is 4.57. The van der Waals surface area contributed by atoms with Crippen molar-refractivity contribution >= 4 is 11.3 Å². The topological polar surface area (TPSA) is 32.3 Å². The van der Waals surface area contributed by atoms with Gasteiger partial charge in [-0.15, -0.1) is 11.3 Å². The van der Waals surface area contributed by atoms with Gasteiger partial charge in [-0.25, -0.2) is 0 Å². The first-order valence-corrected chi connectivity index (χ1v) is 8.59. The highest BCUT2D eigenvalue weighted by Gasteiger charge is 2.23. The Morgan fingerprint density at radius 2 is 2.11 bits per heavy atom. The van der Waals surface area contributed by atoms with Gasteiger partial charge in [0, 0.05) is 21.8 Å². The molecule has 0 aliphatic heterocycles. The van der Waals surface area contributed by atoms with Crippen LogP contribution in [-0.2, 0) is 12.8 Å². The predicted octanol–water partition coefficient (Wildman–Crippen LogP) is 3.58. The second-order valence-electron chi connectivity index (χ2n) is 6.21. The fraction of sp³-hybridized carbons (Fsp3) is 0.750. The first-order valence-electron chi connectivity index (χ1n) is 7.78. The van der Waals surface area contributed by atoms with E-state index in [4.69, 9.17) is 0 Å². The molecular formula is C16H25NOS. The molecule has 3 heteroatoms. The van der Waals surface area contributed by atoms with Crippen molar-refractivity contribution in [2.75, 3.05) is 0 Å². The molecule has 3 atom stereocenters. The van der Waals surface area contributed by atoms with Gasteiger partial charge in [0.15, 0.2) is 0 Å². The number of fused-ring (bicyclic) bond motifs is 1. The zero-order chi connectivity index (χ0) is 13.2. The summed E-state index contributed by atoms with van der Waals surface area (Å²) in [5.41, 5.74) is 1.60. The van der Waals surface area contributed by atoms with E-state index in [9.17, 15) is 5.11 Å². The molecule has 2 aliphatic rings. The lowest BCUT2D eigenvalue weighted by Gasteiger charge is -2.29. The van der Waals surface area contributed by atoms with Crippen molar-refractivity contribution in [2.45, 2.75) is 76.5 Å². The largest absolute Gasteiger partial charge is 0.393 e. The molecule has 1 aromatic heterocycles. The van der Waals surface area contributed by atoms with Gasteiger partial charge in [-0.2, -0.15) is 0 Å². The van der Waals surface area contributed by atoms with Crippen LogP contribution in [0.25, 0.3) is 0 Å². The predicted molar refractivity (Wildman–Crippen MR) is 80.8 cm³/mol. The van der Waals surface area contributed by atoms with Crippen LogP contribution in [0.15, 0.2) is 6.07 Å². The molecule has 19 heavy (non-hydrogen) atoms. The summed E-state index contributed by atoms with van der Waals surface area (Å²) < 4.78 is 0. The SMILES string of the molecule is CC(NC1CCCC(O)C1)c1cc2c(s1)CCCC2. The highest BCUT2D eigenvalue weighted by molar-refractivity contribution is 7.12. The summed E-state index contributed by atoms with van der Waals surface area (Å²) in [5.74, 6) is 0. The van der Waals surface area contributed by atoms with E-state index in [2.05, 4.69) is 18.3 Å². The van der Waals surface area contributed by atoms with E-state index in [0.29, 0.717) is 12.1 Å². The number of aliphatic hydroxyl groups excluding tert-OH is 1. The molecule has 0 spiro atoms. The molecule has 0 saturated heterocycles. The fourth-order valence-corrected chi connectivity index (χ4v) is 4.75. The van der Waals surface area contributed by atoms with E-state index in [1.807, 2.05) is 11.3 Å². The lowest BCUT2D eigenvalue weighted by atomic mass is 9.92. The summed E-state index contributed by atoms with van der Waals surface area (Å²) in [6.07, 6.45) is 9.49. The third-order valence-corrected chi connectivity index (χ3v) is 5.99. The van der Waals surface area contributed by atoms with Gasteiger partial charge in [0.2, 0.25) is 0 Å². The van der Waals surface area contributed by atoms with Gasteiger partial charge in [0.1, 0.15) is 0 Å². The van der Waals surface area contributed by atoms with E-state index in [0.717, 1.165) is 19.3 Å². The lowest BCUT2D eigenvalue weighted by molar-refractivity contribution is 0.109. The maximum absolute atomic E-state index is 9.76. The quantitative estimate of drug-likeness (QED) is 0.886. The fourth-order valence-electron chi connectivity index (χ4n) is 3.48. The molecule has 1 fully saturated rings. The highest BCUT2D eigenvalue weighted by Crippen LogP contribution is 2.33. The van der Waals surface area contributed by atoms with Crippen molar-refractivity contribution in [3.05, 3.63) is 21.4 Å². The van der Waals surface area contributed by atoms with Crippen molar-refractivity contribution in [2.24, 2.45) is 0 Å². The van der Waals surface area contributed by atoms with E-state index in [1.54, 1.807) is 10.4 Å². The van der Waals surface area contributed by atoms with Crippen molar-refractivity contribution in [3.8, 4) is 0 Å². The van der Waals surface area contributed by atoms with Crippen LogP contribution in [0, 0.1) is 0 Å². The molecule has 2 nitrogen and oxygen atoms in total. The van der Waals surface area contributed by atoms with Crippen molar-refractivity contribution in [3.63, 3.8) is 0 Å². The lowest BCUT2D eigenvalue weighted by Crippen LogP contribution is -2.37. The monoisotopic (exact) mass is 279 g/mol. The molecule has 2 aliphatic carbocycles. The van der Waals surface area contributed by atoms with Crippen LogP contribution >= 0.6 is 11.3 Å². The number of nitrogens with one attached hydrogen (secondary N) is 1. The molecule has 0 amide bonds. The van der Waals surface area contributed by atoms with E-state index < -0.39 is 0 Å². The number of thiophene rings is 1. The number of aryl methyl sites for hydroxylation is 2. The zero-order valence-electron chi connectivity index (χ0n) is 11.8. The molecule has 106 valence electrons. The second-order valence-corrected chi connectivity index (χ2v) is 7.38. The maximum Gasteiger partial charge on any atom is 0.0555 e. The molecule has 1 aromatic rings. The Balaban J connectivity index is 1.63. The Bertz CT molecular complexity index is 405. The van der Waals surface area contributed by atoms with Gasteiger partial charge >= 0.3 is 0 Å². The molecule has 0 bridgehead atoms. The minimum atomic E-state index is -0.0880. The van der Waals surface area contributed by atoms with Gasteiger partial charge in [0.05, 0.1) is 6.10 Å². The van der Waals surface area contributed by atoms with Crippen LogP contribution < -0.4 is 5.32 Å². The average Bonchev–Trinajstić information content (AvgIpc) is 2.82. The van der Waals surface area contributed by atoms with Crippen LogP contribution in [0.2, 0.25) is 0 Å². The van der Waals surface area contributed by atoms with Gasteiger partial charge < -0.3 is 10.4 Å². The van der Waals surface area contributed by atoms with Crippen LogP contribution in [0.3, 0.4) is 0 Å². The van der Waals surface area contributed by atoms with Crippen molar-refractivity contribution in [1.82, 2.24) is 5.32 Å². The normalized spacial score (nSPS) is 28.9. The molecule has 1 heterocycles. The standard InChI is InChI=1S/C16H25NOS/c1-11(17-13-6-4-7-14(18)10-13)16-9-12-5-2-3-8-15(12)19-16/h9,11,13-14,17-18H,2-8,10H2,1H3. The Morgan fingerprint density at radius 1 is 1.26 bits per heavy atom. The number of aliphatic hydroxyl groups is 1. The first kappa shape index (κ1) is 13.6.